The highest BCUT2D eigenvalue weighted by atomic mass is 35.5. The number of methoxy groups -OCH3 is 1. The second kappa shape index (κ2) is 10.6. The summed E-state index contributed by atoms with van der Waals surface area (Å²) in [5.74, 6) is 0.423. The minimum Gasteiger partial charge on any atom is -0.489 e. The lowest BCUT2D eigenvalue weighted by molar-refractivity contribution is 0.0948. The van der Waals surface area contributed by atoms with E-state index in [2.05, 4.69) is 10.6 Å². The van der Waals surface area contributed by atoms with Crippen molar-refractivity contribution < 1.29 is 23.8 Å². The van der Waals surface area contributed by atoms with Crippen LogP contribution >= 0.6 is 22.9 Å². The van der Waals surface area contributed by atoms with Gasteiger partial charge in [-0.25, -0.2) is 0 Å². The Kier molecular flexibility index (Phi) is 7.55. The van der Waals surface area contributed by atoms with Gasteiger partial charge in [-0.3, -0.25) is 9.59 Å². The van der Waals surface area contributed by atoms with Crippen LogP contribution in [-0.2, 0) is 17.6 Å². The van der Waals surface area contributed by atoms with Crippen LogP contribution in [0.25, 0.3) is 0 Å². The van der Waals surface area contributed by atoms with Gasteiger partial charge in [0.15, 0.2) is 11.5 Å². The van der Waals surface area contributed by atoms with Gasteiger partial charge in [0.05, 0.1) is 23.8 Å². The van der Waals surface area contributed by atoms with Crippen LogP contribution in [0.4, 0.5) is 5.00 Å². The number of benzene rings is 1. The fourth-order valence-corrected chi connectivity index (χ4v) is 5.49. The number of hydrogen-bond acceptors (Lipinski definition) is 6. The Balaban J connectivity index is 1.58. The molecule has 0 spiro atoms. The van der Waals surface area contributed by atoms with Crippen molar-refractivity contribution in [1.29, 1.82) is 0 Å². The lowest BCUT2D eigenvalue weighted by Gasteiger charge is -2.14. The number of carbonyl (C=O) groups excluding carboxylic acids is 2. The monoisotopic (exact) mass is 478 g/mol. The molecular weight excluding hydrogens is 452 g/mol. The predicted octanol–water partition coefficient (Wildman–Crippen LogP) is 4.46. The van der Waals surface area contributed by atoms with E-state index in [-0.39, 0.29) is 11.8 Å². The van der Waals surface area contributed by atoms with Crippen molar-refractivity contribution in [2.24, 2.45) is 0 Å². The summed E-state index contributed by atoms with van der Waals surface area (Å²) in [7, 11) is 1.64. The van der Waals surface area contributed by atoms with E-state index in [0.29, 0.717) is 59.0 Å². The molecule has 0 saturated heterocycles. The smallest absolute Gasteiger partial charge is 0.256 e. The van der Waals surface area contributed by atoms with Gasteiger partial charge in [0.1, 0.15) is 5.00 Å². The quantitative estimate of drug-likeness (QED) is 0.574. The Morgan fingerprint density at radius 2 is 1.94 bits per heavy atom. The van der Waals surface area contributed by atoms with Crippen LogP contribution in [0.2, 0.25) is 5.02 Å². The van der Waals surface area contributed by atoms with E-state index in [1.54, 1.807) is 19.2 Å². The van der Waals surface area contributed by atoms with Gasteiger partial charge in [0.2, 0.25) is 0 Å². The SMILES string of the molecule is COCCCNC(=O)c1c(NC(=O)c2cc(Cl)c3c(c2)OCCCO3)sc2c1CCCC2. The Labute approximate surface area is 196 Å². The van der Waals surface area contributed by atoms with Gasteiger partial charge in [-0.15, -0.1) is 11.3 Å². The Bertz CT molecular complexity index is 1010. The van der Waals surface area contributed by atoms with Crippen LogP contribution in [-0.4, -0.2) is 45.3 Å². The molecule has 1 aliphatic heterocycles. The highest BCUT2D eigenvalue weighted by Crippen LogP contribution is 2.40. The van der Waals surface area contributed by atoms with Crippen LogP contribution < -0.4 is 20.1 Å². The van der Waals surface area contributed by atoms with Crippen molar-refractivity contribution >= 4 is 39.8 Å². The molecule has 2 aliphatic rings. The molecule has 0 fully saturated rings. The van der Waals surface area contributed by atoms with E-state index >= 15 is 0 Å². The highest BCUT2D eigenvalue weighted by molar-refractivity contribution is 7.17. The van der Waals surface area contributed by atoms with E-state index in [1.165, 1.54) is 16.2 Å². The number of ether oxygens (including phenoxy) is 3. The molecule has 32 heavy (non-hydrogen) atoms. The van der Waals surface area contributed by atoms with Crippen molar-refractivity contribution in [3.05, 3.63) is 38.7 Å². The number of nitrogens with one attached hydrogen (secondary N) is 2. The van der Waals surface area contributed by atoms with E-state index in [0.717, 1.165) is 44.1 Å². The largest absolute Gasteiger partial charge is 0.489 e. The Morgan fingerprint density at radius 1 is 1.12 bits per heavy atom. The molecule has 2 heterocycles. The number of carbonyl (C=O) groups is 2. The van der Waals surface area contributed by atoms with Gasteiger partial charge >= 0.3 is 0 Å². The van der Waals surface area contributed by atoms with Crippen molar-refractivity contribution in [3.63, 3.8) is 0 Å². The normalized spacial score (nSPS) is 14.9. The molecule has 0 saturated carbocycles. The molecule has 2 amide bonds. The molecular formula is C23H27ClN2O5S. The number of anilines is 1. The van der Waals surface area contributed by atoms with E-state index in [4.69, 9.17) is 25.8 Å². The summed E-state index contributed by atoms with van der Waals surface area (Å²) in [6.07, 6.45) is 5.38. The van der Waals surface area contributed by atoms with Gasteiger partial charge in [0.25, 0.3) is 11.8 Å². The first-order chi connectivity index (χ1) is 15.6. The summed E-state index contributed by atoms with van der Waals surface area (Å²) in [5.41, 5.74) is 1.99. The zero-order valence-corrected chi connectivity index (χ0v) is 19.6. The number of rotatable bonds is 7. The van der Waals surface area contributed by atoms with Crippen LogP contribution in [0.1, 0.15) is 56.8 Å². The van der Waals surface area contributed by atoms with E-state index < -0.39 is 0 Å². The summed E-state index contributed by atoms with van der Waals surface area (Å²) in [6.45, 7) is 2.11. The van der Waals surface area contributed by atoms with Gasteiger partial charge in [-0.2, -0.15) is 0 Å². The summed E-state index contributed by atoms with van der Waals surface area (Å²) < 4.78 is 16.4. The maximum atomic E-state index is 13.1. The molecule has 2 aromatic rings. The number of fused-ring (bicyclic) bond motifs is 2. The Hall–Kier alpha value is -2.29. The third-order valence-corrected chi connectivity index (χ3v) is 6.99. The fourth-order valence-electron chi connectivity index (χ4n) is 3.94. The van der Waals surface area contributed by atoms with Gasteiger partial charge in [0, 0.05) is 37.1 Å². The van der Waals surface area contributed by atoms with E-state index in [9.17, 15) is 9.59 Å². The lowest BCUT2D eigenvalue weighted by Crippen LogP contribution is -2.27. The van der Waals surface area contributed by atoms with Crippen molar-refractivity contribution in [3.8, 4) is 11.5 Å². The second-order valence-corrected chi connectivity index (χ2v) is 9.32. The average Bonchev–Trinajstić information content (AvgIpc) is 2.97. The predicted molar refractivity (Wildman–Crippen MR) is 125 cm³/mol. The topological polar surface area (TPSA) is 85.9 Å². The second-order valence-electron chi connectivity index (χ2n) is 7.81. The zero-order valence-electron chi connectivity index (χ0n) is 18.1. The summed E-state index contributed by atoms with van der Waals surface area (Å²) in [5, 5.41) is 6.82. The highest BCUT2D eigenvalue weighted by Gasteiger charge is 2.27. The molecule has 0 atom stereocenters. The molecule has 0 unspecified atom stereocenters. The fraction of sp³-hybridized carbons (Fsp3) is 0.478. The van der Waals surface area contributed by atoms with Crippen molar-refractivity contribution in [2.75, 3.05) is 38.8 Å². The van der Waals surface area contributed by atoms with Gasteiger partial charge < -0.3 is 24.8 Å². The van der Waals surface area contributed by atoms with E-state index in [1.807, 2.05) is 0 Å². The van der Waals surface area contributed by atoms with Crippen LogP contribution in [0.5, 0.6) is 11.5 Å². The molecule has 0 bridgehead atoms. The molecule has 1 aromatic carbocycles. The first-order valence-corrected chi connectivity index (χ1v) is 12.1. The minimum absolute atomic E-state index is 0.160. The van der Waals surface area contributed by atoms with Gasteiger partial charge in [-0.05, 0) is 49.8 Å². The summed E-state index contributed by atoms with van der Waals surface area (Å²) in [6, 6.07) is 3.21. The minimum atomic E-state index is -0.338. The summed E-state index contributed by atoms with van der Waals surface area (Å²) in [4.78, 5) is 27.3. The zero-order chi connectivity index (χ0) is 22.5. The number of thiophene rings is 1. The standard InChI is InChI=1S/C23H27ClN2O5S/c1-29-9-4-8-25-22(28)19-15-6-2-3-7-18(15)32-23(19)26-21(27)14-12-16(24)20-17(13-14)30-10-5-11-31-20/h12-13H,2-11H2,1H3,(H,25,28)(H,26,27). The maximum absolute atomic E-state index is 13.1. The molecule has 9 heteroatoms. The Morgan fingerprint density at radius 3 is 2.78 bits per heavy atom. The third kappa shape index (κ3) is 5.03. The van der Waals surface area contributed by atoms with Gasteiger partial charge in [-0.1, -0.05) is 11.6 Å². The lowest BCUT2D eigenvalue weighted by atomic mass is 9.95. The number of amides is 2. The van der Waals surface area contributed by atoms with Crippen molar-refractivity contribution in [1.82, 2.24) is 5.32 Å². The molecule has 7 nitrogen and oxygen atoms in total. The molecule has 2 N–H and O–H groups in total. The number of hydrogen-bond donors (Lipinski definition) is 2. The van der Waals surface area contributed by atoms with Crippen LogP contribution in [0.3, 0.4) is 0 Å². The maximum Gasteiger partial charge on any atom is 0.256 e. The number of halogens is 1. The van der Waals surface area contributed by atoms with Crippen LogP contribution in [0.15, 0.2) is 12.1 Å². The summed E-state index contributed by atoms with van der Waals surface area (Å²) >= 11 is 7.84. The molecule has 0 radical (unpaired) electrons. The first-order valence-electron chi connectivity index (χ1n) is 10.9. The molecule has 1 aromatic heterocycles. The molecule has 1 aliphatic carbocycles. The molecule has 4 rings (SSSR count). The average molecular weight is 479 g/mol. The molecule has 172 valence electrons. The van der Waals surface area contributed by atoms with Crippen molar-refractivity contribution in [2.45, 2.75) is 38.5 Å². The van der Waals surface area contributed by atoms with Crippen LogP contribution in [0, 0.1) is 0 Å². The third-order valence-electron chi connectivity index (χ3n) is 5.50. The first kappa shape index (κ1) is 22.9. The number of aryl methyl sites for hydroxylation is 1.